The SMILES string of the molecule is CNC.O=S(=O)(O)CC(F)C(F)C(F)C(F)C(F)C(F)CCCCCF. The maximum atomic E-state index is 13.4. The van der Waals surface area contributed by atoms with E-state index in [4.69, 9.17) is 4.55 Å². The van der Waals surface area contributed by atoms with Crippen LogP contribution in [0.15, 0.2) is 0 Å². The Morgan fingerprint density at radius 3 is 1.62 bits per heavy atom. The Kier molecular flexibility index (Phi) is 15.3. The molecular weight excluding hydrogens is 395 g/mol. The van der Waals surface area contributed by atoms with Gasteiger partial charge in [0.25, 0.3) is 10.1 Å². The number of unbranched alkanes of at least 4 members (excludes halogenated alkanes) is 2. The standard InChI is InChI=1S/C12H19F7O3S.C2H7N/c13-5-3-1-2-4-7(14)9(16)11(18)12(19)10(17)8(15)6-23(20,21)22;1-3-2/h7-12H,1-6H2,(H,20,21,22);3H,1-2H3. The summed E-state index contributed by atoms with van der Waals surface area (Å²) in [6.45, 7) is -0.663. The van der Waals surface area contributed by atoms with Crippen molar-refractivity contribution in [1.29, 1.82) is 0 Å². The number of alkyl halides is 7. The fraction of sp³-hybridized carbons (Fsp3) is 1.00. The summed E-state index contributed by atoms with van der Waals surface area (Å²) >= 11 is 0. The Morgan fingerprint density at radius 1 is 0.808 bits per heavy atom. The van der Waals surface area contributed by atoms with Crippen LogP contribution < -0.4 is 5.32 Å². The molecule has 0 saturated heterocycles. The minimum Gasteiger partial charge on any atom is -0.323 e. The molecule has 160 valence electrons. The van der Waals surface area contributed by atoms with Crippen molar-refractivity contribution in [1.82, 2.24) is 5.32 Å². The van der Waals surface area contributed by atoms with Crippen molar-refractivity contribution < 1.29 is 43.7 Å². The number of hydrogen-bond acceptors (Lipinski definition) is 3. The van der Waals surface area contributed by atoms with Gasteiger partial charge in [-0.3, -0.25) is 8.94 Å². The average molecular weight is 421 g/mol. The predicted octanol–water partition coefficient (Wildman–Crippen LogP) is 3.27. The van der Waals surface area contributed by atoms with Gasteiger partial charge in [-0.1, -0.05) is 12.8 Å². The van der Waals surface area contributed by atoms with Crippen molar-refractivity contribution in [3.63, 3.8) is 0 Å². The van der Waals surface area contributed by atoms with E-state index in [1.165, 1.54) is 0 Å². The maximum absolute atomic E-state index is 13.4. The van der Waals surface area contributed by atoms with Gasteiger partial charge in [0, 0.05) is 0 Å². The number of hydrogen-bond donors (Lipinski definition) is 2. The van der Waals surface area contributed by atoms with Crippen molar-refractivity contribution in [2.45, 2.75) is 62.7 Å². The molecule has 2 N–H and O–H groups in total. The summed E-state index contributed by atoms with van der Waals surface area (Å²) in [6, 6.07) is 0. The van der Waals surface area contributed by atoms with Gasteiger partial charge >= 0.3 is 0 Å². The molecule has 0 heterocycles. The Bertz CT molecular complexity index is 444. The van der Waals surface area contributed by atoms with Crippen LogP contribution in [0.4, 0.5) is 30.7 Å². The first-order valence-electron chi connectivity index (χ1n) is 7.86. The lowest BCUT2D eigenvalue weighted by Crippen LogP contribution is -2.44. The van der Waals surface area contributed by atoms with Crippen molar-refractivity contribution in [3.8, 4) is 0 Å². The molecule has 0 aromatic rings. The first kappa shape index (κ1) is 27.6. The Hall–Kier alpha value is -0.620. The van der Waals surface area contributed by atoms with E-state index in [0.29, 0.717) is 0 Å². The van der Waals surface area contributed by atoms with Crippen LogP contribution in [0.3, 0.4) is 0 Å². The lowest BCUT2D eigenvalue weighted by atomic mass is 9.99. The van der Waals surface area contributed by atoms with Crippen LogP contribution in [0.1, 0.15) is 25.7 Å². The van der Waals surface area contributed by atoms with Crippen molar-refractivity contribution in [2.75, 3.05) is 26.5 Å². The molecule has 6 atom stereocenters. The van der Waals surface area contributed by atoms with Crippen LogP contribution in [0, 0.1) is 0 Å². The van der Waals surface area contributed by atoms with E-state index in [2.05, 4.69) is 5.32 Å². The summed E-state index contributed by atoms with van der Waals surface area (Å²) in [5.74, 6) is -1.83. The van der Waals surface area contributed by atoms with E-state index in [1.807, 2.05) is 14.1 Å². The Balaban J connectivity index is 0. The molecule has 0 spiro atoms. The highest BCUT2D eigenvalue weighted by Gasteiger charge is 2.44. The lowest BCUT2D eigenvalue weighted by molar-refractivity contribution is -0.0183. The first-order valence-corrected chi connectivity index (χ1v) is 9.47. The fourth-order valence-electron chi connectivity index (χ4n) is 1.81. The third-order valence-corrected chi connectivity index (χ3v) is 3.83. The highest BCUT2D eigenvalue weighted by atomic mass is 32.2. The molecule has 26 heavy (non-hydrogen) atoms. The van der Waals surface area contributed by atoms with Gasteiger partial charge in [0.15, 0.2) is 30.9 Å². The zero-order chi connectivity index (χ0) is 20.9. The lowest BCUT2D eigenvalue weighted by Gasteiger charge is -2.23. The molecule has 0 aromatic carbocycles. The van der Waals surface area contributed by atoms with E-state index in [9.17, 15) is 39.2 Å². The van der Waals surface area contributed by atoms with Crippen molar-refractivity contribution >= 4 is 10.1 Å². The van der Waals surface area contributed by atoms with Gasteiger partial charge < -0.3 is 5.32 Å². The zero-order valence-corrected chi connectivity index (χ0v) is 15.3. The van der Waals surface area contributed by atoms with Crippen LogP contribution in [0.25, 0.3) is 0 Å². The Labute approximate surface area is 149 Å². The number of nitrogens with one attached hydrogen (secondary N) is 1. The fourth-order valence-corrected chi connectivity index (χ4v) is 2.40. The molecule has 0 amide bonds. The minimum atomic E-state index is -4.98. The van der Waals surface area contributed by atoms with E-state index in [1.54, 1.807) is 0 Å². The van der Waals surface area contributed by atoms with E-state index < -0.39 is 66.0 Å². The highest BCUT2D eigenvalue weighted by Crippen LogP contribution is 2.26. The predicted molar refractivity (Wildman–Crippen MR) is 85.2 cm³/mol. The summed E-state index contributed by atoms with van der Waals surface area (Å²) in [5.41, 5.74) is 0. The van der Waals surface area contributed by atoms with E-state index >= 15 is 0 Å². The number of rotatable bonds is 12. The maximum Gasteiger partial charge on any atom is 0.267 e. The molecule has 0 aliphatic rings. The van der Waals surface area contributed by atoms with Gasteiger partial charge in [0.2, 0.25) is 0 Å². The van der Waals surface area contributed by atoms with Gasteiger partial charge in [-0.2, -0.15) is 8.42 Å². The zero-order valence-electron chi connectivity index (χ0n) is 14.5. The second kappa shape index (κ2) is 14.4. The van der Waals surface area contributed by atoms with Gasteiger partial charge in [-0.15, -0.1) is 0 Å². The Morgan fingerprint density at radius 2 is 1.23 bits per heavy atom. The molecule has 0 bridgehead atoms. The average Bonchev–Trinajstić information content (AvgIpc) is 2.54. The first-order chi connectivity index (χ1) is 11.9. The molecule has 0 fully saturated rings. The normalized spacial score (nSPS) is 18.8. The highest BCUT2D eigenvalue weighted by molar-refractivity contribution is 7.85. The largest absolute Gasteiger partial charge is 0.323 e. The van der Waals surface area contributed by atoms with Gasteiger partial charge in [-0.05, 0) is 26.9 Å². The van der Waals surface area contributed by atoms with Crippen molar-refractivity contribution in [3.05, 3.63) is 0 Å². The molecule has 6 unspecified atom stereocenters. The van der Waals surface area contributed by atoms with E-state index in [0.717, 1.165) is 0 Å². The minimum absolute atomic E-state index is 0.00270. The summed E-state index contributed by atoms with van der Waals surface area (Å²) in [7, 11) is -1.23. The summed E-state index contributed by atoms with van der Waals surface area (Å²) in [5, 5.41) is 2.75. The van der Waals surface area contributed by atoms with Crippen LogP contribution in [0.2, 0.25) is 0 Å². The third kappa shape index (κ3) is 12.7. The van der Waals surface area contributed by atoms with Crippen LogP contribution in [-0.2, 0) is 10.1 Å². The summed E-state index contributed by atoms with van der Waals surface area (Å²) < 4.78 is 121. The van der Waals surface area contributed by atoms with Gasteiger partial charge in [0.05, 0.1) is 6.67 Å². The molecule has 12 heteroatoms. The molecule has 0 radical (unpaired) electrons. The van der Waals surface area contributed by atoms with Crippen molar-refractivity contribution in [2.24, 2.45) is 0 Å². The van der Waals surface area contributed by atoms with Gasteiger partial charge in [0.1, 0.15) is 11.9 Å². The van der Waals surface area contributed by atoms with Crippen LogP contribution in [-0.4, -0.2) is 76.5 Å². The van der Waals surface area contributed by atoms with Crippen LogP contribution in [0.5, 0.6) is 0 Å². The number of halogens is 7. The van der Waals surface area contributed by atoms with Crippen LogP contribution >= 0.6 is 0 Å². The summed E-state index contributed by atoms with van der Waals surface area (Å²) in [6.07, 6.45) is -19.1. The molecule has 0 saturated carbocycles. The molecule has 4 nitrogen and oxygen atoms in total. The monoisotopic (exact) mass is 421 g/mol. The smallest absolute Gasteiger partial charge is 0.267 e. The second-order valence-corrected chi connectivity index (χ2v) is 7.09. The van der Waals surface area contributed by atoms with E-state index in [-0.39, 0.29) is 19.3 Å². The second-order valence-electron chi connectivity index (χ2n) is 5.60. The topological polar surface area (TPSA) is 66.4 Å². The third-order valence-electron chi connectivity index (χ3n) is 3.09. The quantitative estimate of drug-likeness (QED) is 0.288. The molecule has 0 aliphatic carbocycles. The summed E-state index contributed by atoms with van der Waals surface area (Å²) in [4.78, 5) is 0. The van der Waals surface area contributed by atoms with Gasteiger partial charge in [-0.25, -0.2) is 26.3 Å². The molecule has 0 aliphatic heterocycles. The molecular formula is C14H26F7NO3S. The molecule has 0 aromatic heterocycles. The molecule has 0 rings (SSSR count).